The van der Waals surface area contributed by atoms with Gasteiger partial charge in [0, 0.05) is 4.47 Å². The fraction of sp³-hybridized carbons (Fsp3) is 0.250. The molecule has 0 radical (unpaired) electrons. The molecule has 1 atom stereocenters. The Balaban J connectivity index is 2.26. The Morgan fingerprint density at radius 1 is 1.21 bits per heavy atom. The van der Waals surface area contributed by atoms with E-state index in [4.69, 9.17) is 4.74 Å². The molecule has 2 nitrogen and oxygen atoms in total. The highest BCUT2D eigenvalue weighted by atomic mass is 79.9. The minimum Gasteiger partial charge on any atom is -0.457 e. The highest BCUT2D eigenvalue weighted by molar-refractivity contribution is 9.10. The van der Waals surface area contributed by atoms with Crippen LogP contribution in [0.1, 0.15) is 31.1 Å². The molecule has 0 unspecified atom stereocenters. The van der Waals surface area contributed by atoms with E-state index in [1.807, 2.05) is 36.4 Å². The Labute approximate surface area is 122 Å². The molecule has 0 aliphatic heterocycles. The van der Waals surface area contributed by atoms with Crippen molar-refractivity contribution < 1.29 is 9.84 Å². The number of hydrogen-bond donors (Lipinski definition) is 1. The van der Waals surface area contributed by atoms with E-state index in [2.05, 4.69) is 28.9 Å². The smallest absolute Gasteiger partial charge is 0.130 e. The minimum absolute atomic E-state index is 0.494. The van der Waals surface area contributed by atoms with Gasteiger partial charge in [0.1, 0.15) is 11.5 Å². The summed E-state index contributed by atoms with van der Waals surface area (Å²) < 4.78 is 6.76. The fourth-order valence-corrected chi connectivity index (χ4v) is 2.62. The van der Waals surface area contributed by atoms with Crippen LogP contribution in [0.2, 0.25) is 0 Å². The maximum absolute atomic E-state index is 9.60. The highest BCUT2D eigenvalue weighted by Gasteiger charge is 2.08. The van der Waals surface area contributed by atoms with Gasteiger partial charge in [0.15, 0.2) is 0 Å². The number of benzene rings is 2. The maximum Gasteiger partial charge on any atom is 0.130 e. The second-order valence-corrected chi connectivity index (χ2v) is 5.28. The van der Waals surface area contributed by atoms with Crippen LogP contribution in [0.25, 0.3) is 0 Å². The van der Waals surface area contributed by atoms with Gasteiger partial charge >= 0.3 is 0 Å². The van der Waals surface area contributed by atoms with E-state index in [0.29, 0.717) is 0 Å². The normalized spacial score (nSPS) is 12.2. The SMILES string of the molecule is CCc1ccccc1Oc1ccc([C@H](C)O)c(Br)c1. The summed E-state index contributed by atoms with van der Waals surface area (Å²) in [6.07, 6.45) is 0.440. The van der Waals surface area contributed by atoms with Crippen molar-refractivity contribution >= 4 is 15.9 Å². The molecule has 0 amide bonds. The third-order valence-electron chi connectivity index (χ3n) is 3.00. The number of aryl methyl sites for hydroxylation is 1. The number of aliphatic hydroxyl groups is 1. The van der Waals surface area contributed by atoms with Crippen molar-refractivity contribution in [2.45, 2.75) is 26.4 Å². The number of hydrogen-bond acceptors (Lipinski definition) is 2. The number of ether oxygens (including phenoxy) is 1. The molecule has 19 heavy (non-hydrogen) atoms. The summed E-state index contributed by atoms with van der Waals surface area (Å²) in [5.41, 5.74) is 2.04. The maximum atomic E-state index is 9.60. The summed E-state index contributed by atoms with van der Waals surface area (Å²) in [5, 5.41) is 9.60. The van der Waals surface area contributed by atoms with Crippen LogP contribution in [-0.2, 0) is 6.42 Å². The van der Waals surface area contributed by atoms with Crippen LogP contribution in [0.3, 0.4) is 0 Å². The predicted molar refractivity (Wildman–Crippen MR) is 80.7 cm³/mol. The lowest BCUT2D eigenvalue weighted by Crippen LogP contribution is -1.94. The first-order chi connectivity index (χ1) is 9.11. The van der Waals surface area contributed by atoms with Crippen LogP contribution in [-0.4, -0.2) is 5.11 Å². The lowest BCUT2D eigenvalue weighted by atomic mass is 10.1. The first-order valence-electron chi connectivity index (χ1n) is 6.35. The summed E-state index contributed by atoms with van der Waals surface area (Å²) in [7, 11) is 0. The minimum atomic E-state index is -0.494. The van der Waals surface area contributed by atoms with Gasteiger partial charge in [0.25, 0.3) is 0 Å². The zero-order chi connectivity index (χ0) is 13.8. The van der Waals surface area contributed by atoms with Crippen LogP contribution in [0.5, 0.6) is 11.5 Å². The van der Waals surface area contributed by atoms with Gasteiger partial charge in [-0.05, 0) is 42.7 Å². The van der Waals surface area contributed by atoms with Crippen LogP contribution in [0, 0.1) is 0 Å². The van der Waals surface area contributed by atoms with Crippen molar-refractivity contribution in [1.82, 2.24) is 0 Å². The highest BCUT2D eigenvalue weighted by Crippen LogP contribution is 2.31. The standard InChI is InChI=1S/C16H17BrO2/c1-3-12-6-4-5-7-16(12)19-13-8-9-14(11(2)18)15(17)10-13/h4-11,18H,3H2,1-2H3/t11-/m0/s1. The van der Waals surface area contributed by atoms with Gasteiger partial charge in [0.05, 0.1) is 6.10 Å². The first-order valence-corrected chi connectivity index (χ1v) is 7.14. The second kappa shape index (κ2) is 6.22. The summed E-state index contributed by atoms with van der Waals surface area (Å²) >= 11 is 3.46. The van der Waals surface area contributed by atoms with Crippen LogP contribution in [0.4, 0.5) is 0 Å². The average molecular weight is 321 g/mol. The largest absolute Gasteiger partial charge is 0.457 e. The molecule has 0 saturated heterocycles. The van der Waals surface area contributed by atoms with Gasteiger partial charge in [-0.25, -0.2) is 0 Å². The van der Waals surface area contributed by atoms with E-state index >= 15 is 0 Å². The molecular formula is C16H17BrO2. The molecule has 0 saturated carbocycles. The summed E-state index contributed by atoms with van der Waals surface area (Å²) in [4.78, 5) is 0. The van der Waals surface area contributed by atoms with Crippen molar-refractivity contribution in [1.29, 1.82) is 0 Å². The third-order valence-corrected chi connectivity index (χ3v) is 3.69. The van der Waals surface area contributed by atoms with Crippen LogP contribution >= 0.6 is 15.9 Å². The molecule has 0 fully saturated rings. The summed E-state index contributed by atoms with van der Waals surface area (Å²) in [5.74, 6) is 1.64. The Kier molecular flexibility index (Phi) is 4.61. The molecule has 2 rings (SSSR count). The van der Waals surface area contributed by atoms with E-state index in [1.54, 1.807) is 6.92 Å². The van der Waals surface area contributed by atoms with E-state index < -0.39 is 6.10 Å². The molecule has 0 heterocycles. The van der Waals surface area contributed by atoms with E-state index in [-0.39, 0.29) is 0 Å². The van der Waals surface area contributed by atoms with Crippen molar-refractivity contribution in [3.63, 3.8) is 0 Å². The summed E-state index contributed by atoms with van der Waals surface area (Å²) in [6.45, 7) is 3.85. The molecule has 100 valence electrons. The Morgan fingerprint density at radius 3 is 2.58 bits per heavy atom. The van der Waals surface area contributed by atoms with E-state index in [0.717, 1.165) is 28.0 Å². The molecule has 0 aliphatic rings. The lowest BCUT2D eigenvalue weighted by Gasteiger charge is -2.12. The molecule has 0 spiro atoms. The Bertz CT molecular complexity index is 564. The zero-order valence-corrected chi connectivity index (χ0v) is 12.6. The predicted octanol–water partition coefficient (Wildman–Crippen LogP) is 4.86. The van der Waals surface area contributed by atoms with Crippen molar-refractivity contribution in [3.05, 3.63) is 58.1 Å². The van der Waals surface area contributed by atoms with Crippen molar-refractivity contribution in [2.24, 2.45) is 0 Å². The first kappa shape index (κ1) is 14.1. The van der Waals surface area contributed by atoms with E-state index in [9.17, 15) is 5.11 Å². The second-order valence-electron chi connectivity index (χ2n) is 4.42. The topological polar surface area (TPSA) is 29.5 Å². The number of rotatable bonds is 4. The van der Waals surface area contributed by atoms with E-state index in [1.165, 1.54) is 5.56 Å². The number of halogens is 1. The van der Waals surface area contributed by atoms with Gasteiger partial charge in [-0.3, -0.25) is 0 Å². The Hall–Kier alpha value is -1.32. The fourth-order valence-electron chi connectivity index (χ4n) is 1.93. The Morgan fingerprint density at radius 2 is 1.95 bits per heavy atom. The molecule has 0 aromatic heterocycles. The average Bonchev–Trinajstić information content (AvgIpc) is 2.39. The van der Waals surface area contributed by atoms with Gasteiger partial charge in [-0.2, -0.15) is 0 Å². The number of aliphatic hydroxyl groups excluding tert-OH is 1. The van der Waals surface area contributed by atoms with Gasteiger partial charge in [-0.15, -0.1) is 0 Å². The monoisotopic (exact) mass is 320 g/mol. The van der Waals surface area contributed by atoms with Gasteiger partial charge < -0.3 is 9.84 Å². The molecule has 0 bridgehead atoms. The molecule has 3 heteroatoms. The zero-order valence-electron chi connectivity index (χ0n) is 11.1. The van der Waals surface area contributed by atoms with Gasteiger partial charge in [-0.1, -0.05) is 47.1 Å². The number of para-hydroxylation sites is 1. The third kappa shape index (κ3) is 3.37. The molecule has 1 N–H and O–H groups in total. The quantitative estimate of drug-likeness (QED) is 0.871. The summed E-state index contributed by atoms with van der Waals surface area (Å²) in [6, 6.07) is 13.6. The molecule has 0 aliphatic carbocycles. The molecule has 2 aromatic carbocycles. The van der Waals surface area contributed by atoms with Crippen LogP contribution in [0.15, 0.2) is 46.9 Å². The van der Waals surface area contributed by atoms with Crippen molar-refractivity contribution in [2.75, 3.05) is 0 Å². The molecular weight excluding hydrogens is 304 g/mol. The van der Waals surface area contributed by atoms with Crippen molar-refractivity contribution in [3.8, 4) is 11.5 Å². The molecule has 2 aromatic rings. The van der Waals surface area contributed by atoms with Gasteiger partial charge in [0.2, 0.25) is 0 Å². The van der Waals surface area contributed by atoms with Crippen LogP contribution < -0.4 is 4.74 Å². The lowest BCUT2D eigenvalue weighted by molar-refractivity contribution is 0.198.